The normalized spacial score (nSPS) is 23.1. The lowest BCUT2D eigenvalue weighted by atomic mass is 9.84. The Labute approximate surface area is 113 Å². The van der Waals surface area contributed by atoms with Gasteiger partial charge in [-0.15, -0.1) is 0 Å². The molecule has 0 aromatic heterocycles. The van der Waals surface area contributed by atoms with Crippen LogP contribution < -0.4 is 11.1 Å². The Hall–Kier alpha value is -1.58. The Balaban J connectivity index is 1.94. The summed E-state index contributed by atoms with van der Waals surface area (Å²) in [4.78, 5) is 12.0. The lowest BCUT2D eigenvalue weighted by molar-refractivity contribution is 0.0917. The van der Waals surface area contributed by atoms with Crippen molar-refractivity contribution in [3.05, 3.63) is 29.6 Å². The molecule has 1 saturated carbocycles. The standard InChI is InChI=1S/C15H21FN2O/c1-2-10-3-6-12(7-4-10)18-15(19)13-8-5-11(17)9-14(13)16/h5,8-10,12H,2-4,6-7,17H2,1H3,(H,18,19). The second-order valence-corrected chi connectivity index (χ2v) is 5.34. The molecule has 1 aliphatic carbocycles. The average molecular weight is 264 g/mol. The molecule has 1 amide bonds. The van der Waals surface area contributed by atoms with Gasteiger partial charge in [-0.1, -0.05) is 13.3 Å². The maximum Gasteiger partial charge on any atom is 0.254 e. The van der Waals surface area contributed by atoms with Gasteiger partial charge in [-0.25, -0.2) is 4.39 Å². The summed E-state index contributed by atoms with van der Waals surface area (Å²) in [5.41, 5.74) is 5.88. The maximum absolute atomic E-state index is 13.6. The van der Waals surface area contributed by atoms with Crippen LogP contribution in [0.2, 0.25) is 0 Å². The van der Waals surface area contributed by atoms with E-state index in [0.29, 0.717) is 5.69 Å². The third-order valence-corrected chi connectivity index (χ3v) is 4.00. The number of benzene rings is 1. The van der Waals surface area contributed by atoms with E-state index in [9.17, 15) is 9.18 Å². The number of nitrogens with two attached hydrogens (primary N) is 1. The summed E-state index contributed by atoms with van der Waals surface area (Å²) < 4.78 is 13.6. The zero-order chi connectivity index (χ0) is 13.8. The molecule has 1 aromatic carbocycles. The van der Waals surface area contributed by atoms with E-state index in [1.807, 2.05) is 0 Å². The molecule has 0 heterocycles. The van der Waals surface area contributed by atoms with Crippen molar-refractivity contribution in [2.24, 2.45) is 5.92 Å². The number of hydrogen-bond donors (Lipinski definition) is 2. The predicted molar refractivity (Wildman–Crippen MR) is 74.3 cm³/mol. The number of hydrogen-bond acceptors (Lipinski definition) is 2. The highest BCUT2D eigenvalue weighted by Gasteiger charge is 2.22. The molecule has 0 bridgehead atoms. The summed E-state index contributed by atoms with van der Waals surface area (Å²) in [6.07, 6.45) is 5.46. The molecule has 0 unspecified atom stereocenters. The van der Waals surface area contributed by atoms with Crippen molar-refractivity contribution in [1.82, 2.24) is 5.32 Å². The van der Waals surface area contributed by atoms with E-state index in [1.165, 1.54) is 18.6 Å². The Morgan fingerprint density at radius 2 is 2.05 bits per heavy atom. The van der Waals surface area contributed by atoms with Crippen LogP contribution in [0.3, 0.4) is 0 Å². The quantitative estimate of drug-likeness (QED) is 0.824. The first-order chi connectivity index (χ1) is 9.10. The molecule has 0 radical (unpaired) electrons. The fourth-order valence-corrected chi connectivity index (χ4v) is 2.69. The first kappa shape index (κ1) is 13.8. The maximum atomic E-state index is 13.6. The Kier molecular flexibility index (Phi) is 4.40. The summed E-state index contributed by atoms with van der Waals surface area (Å²) in [6, 6.07) is 4.35. The fraction of sp³-hybridized carbons (Fsp3) is 0.533. The van der Waals surface area contributed by atoms with Gasteiger partial charge in [-0.2, -0.15) is 0 Å². The third-order valence-electron chi connectivity index (χ3n) is 4.00. The summed E-state index contributed by atoms with van der Waals surface area (Å²) >= 11 is 0. The van der Waals surface area contributed by atoms with Gasteiger partial charge in [-0.3, -0.25) is 4.79 Å². The van der Waals surface area contributed by atoms with Crippen molar-refractivity contribution >= 4 is 11.6 Å². The molecule has 0 atom stereocenters. The molecule has 0 aliphatic heterocycles. The number of carbonyl (C=O) groups excluding carboxylic acids is 1. The van der Waals surface area contributed by atoms with Gasteiger partial charge in [0.1, 0.15) is 5.82 Å². The van der Waals surface area contributed by atoms with Gasteiger partial charge in [0.15, 0.2) is 0 Å². The molecule has 4 heteroatoms. The van der Waals surface area contributed by atoms with Crippen LogP contribution in [-0.4, -0.2) is 11.9 Å². The topological polar surface area (TPSA) is 55.1 Å². The number of amides is 1. The molecule has 3 nitrogen and oxygen atoms in total. The summed E-state index contributed by atoms with van der Waals surface area (Å²) in [5.74, 6) is -0.112. The summed E-state index contributed by atoms with van der Waals surface area (Å²) in [6.45, 7) is 2.20. The number of halogens is 1. The summed E-state index contributed by atoms with van der Waals surface area (Å²) in [7, 11) is 0. The van der Waals surface area contributed by atoms with E-state index >= 15 is 0 Å². The smallest absolute Gasteiger partial charge is 0.254 e. The van der Waals surface area contributed by atoms with Crippen molar-refractivity contribution in [2.45, 2.75) is 45.1 Å². The van der Waals surface area contributed by atoms with E-state index < -0.39 is 5.82 Å². The lowest BCUT2D eigenvalue weighted by Crippen LogP contribution is -2.37. The van der Waals surface area contributed by atoms with Crippen molar-refractivity contribution in [3.63, 3.8) is 0 Å². The minimum absolute atomic E-state index is 0.0758. The SMILES string of the molecule is CCC1CCC(NC(=O)c2ccc(N)cc2F)CC1. The predicted octanol–water partition coefficient (Wildman–Crippen LogP) is 3.11. The van der Waals surface area contributed by atoms with Crippen LogP contribution in [0.25, 0.3) is 0 Å². The fourth-order valence-electron chi connectivity index (χ4n) is 2.69. The van der Waals surface area contributed by atoms with E-state index in [-0.39, 0.29) is 17.5 Å². The van der Waals surface area contributed by atoms with Crippen LogP contribution in [-0.2, 0) is 0 Å². The number of nitrogens with one attached hydrogen (secondary N) is 1. The first-order valence-electron chi connectivity index (χ1n) is 6.96. The van der Waals surface area contributed by atoms with Crippen molar-refractivity contribution in [1.29, 1.82) is 0 Å². The van der Waals surface area contributed by atoms with Gasteiger partial charge in [0.2, 0.25) is 0 Å². The first-order valence-corrected chi connectivity index (χ1v) is 6.96. The third kappa shape index (κ3) is 3.46. The Bertz CT molecular complexity index is 453. The molecular weight excluding hydrogens is 243 g/mol. The van der Waals surface area contributed by atoms with Crippen molar-refractivity contribution < 1.29 is 9.18 Å². The highest BCUT2D eigenvalue weighted by molar-refractivity contribution is 5.95. The molecule has 0 spiro atoms. The van der Waals surface area contributed by atoms with Gasteiger partial charge in [-0.05, 0) is 49.8 Å². The van der Waals surface area contributed by atoms with Crippen LogP contribution >= 0.6 is 0 Å². The number of carbonyl (C=O) groups is 1. The van der Waals surface area contributed by atoms with E-state index in [1.54, 1.807) is 6.07 Å². The van der Waals surface area contributed by atoms with E-state index in [0.717, 1.165) is 31.6 Å². The molecule has 1 aliphatic rings. The zero-order valence-corrected chi connectivity index (χ0v) is 11.3. The molecule has 3 N–H and O–H groups in total. The van der Waals surface area contributed by atoms with Crippen molar-refractivity contribution in [2.75, 3.05) is 5.73 Å². The van der Waals surface area contributed by atoms with Gasteiger partial charge in [0.05, 0.1) is 5.56 Å². The van der Waals surface area contributed by atoms with Gasteiger partial charge in [0, 0.05) is 11.7 Å². The van der Waals surface area contributed by atoms with Gasteiger partial charge >= 0.3 is 0 Å². The molecule has 1 aromatic rings. The van der Waals surface area contributed by atoms with Gasteiger partial charge in [0.25, 0.3) is 5.91 Å². The van der Waals surface area contributed by atoms with Crippen molar-refractivity contribution in [3.8, 4) is 0 Å². The monoisotopic (exact) mass is 264 g/mol. The minimum atomic E-state index is -0.556. The van der Waals surface area contributed by atoms with Gasteiger partial charge < -0.3 is 11.1 Å². The van der Waals surface area contributed by atoms with Crippen LogP contribution in [0.15, 0.2) is 18.2 Å². The minimum Gasteiger partial charge on any atom is -0.399 e. The van der Waals surface area contributed by atoms with E-state index in [4.69, 9.17) is 5.73 Å². The molecule has 1 fully saturated rings. The Morgan fingerprint density at radius 1 is 1.37 bits per heavy atom. The average Bonchev–Trinajstić information content (AvgIpc) is 2.39. The zero-order valence-electron chi connectivity index (χ0n) is 11.3. The van der Waals surface area contributed by atoms with Crippen LogP contribution in [0, 0.1) is 11.7 Å². The molecule has 104 valence electrons. The second kappa shape index (κ2) is 6.04. The lowest BCUT2D eigenvalue weighted by Gasteiger charge is -2.28. The number of nitrogen functional groups attached to an aromatic ring is 1. The molecule has 2 rings (SSSR count). The Morgan fingerprint density at radius 3 is 2.63 bits per heavy atom. The molecular formula is C15H21FN2O. The number of anilines is 1. The molecule has 0 saturated heterocycles. The second-order valence-electron chi connectivity index (χ2n) is 5.34. The highest BCUT2D eigenvalue weighted by atomic mass is 19.1. The van der Waals surface area contributed by atoms with Crippen LogP contribution in [0.1, 0.15) is 49.4 Å². The summed E-state index contributed by atoms with van der Waals surface area (Å²) in [5, 5.41) is 2.92. The molecule has 19 heavy (non-hydrogen) atoms. The highest BCUT2D eigenvalue weighted by Crippen LogP contribution is 2.26. The largest absolute Gasteiger partial charge is 0.399 e. The van der Waals surface area contributed by atoms with Crippen LogP contribution in [0.5, 0.6) is 0 Å². The van der Waals surface area contributed by atoms with Crippen LogP contribution in [0.4, 0.5) is 10.1 Å². The van der Waals surface area contributed by atoms with E-state index in [2.05, 4.69) is 12.2 Å². The number of rotatable bonds is 3.